The van der Waals surface area contributed by atoms with Crippen LogP contribution in [0.4, 0.5) is 5.69 Å². The van der Waals surface area contributed by atoms with E-state index in [1.54, 1.807) is 12.3 Å². The number of hydrogen-bond donors (Lipinski definition) is 2. The summed E-state index contributed by atoms with van der Waals surface area (Å²) in [7, 11) is 2.13. The molecular weight excluding hydrogens is 428 g/mol. The smallest absolute Gasteiger partial charge is 0.262 e. The Labute approximate surface area is 190 Å². The zero-order valence-corrected chi connectivity index (χ0v) is 19.3. The molecule has 2 N–H and O–H groups in total. The van der Waals surface area contributed by atoms with Crippen LogP contribution >= 0.6 is 22.7 Å². The molecular formula is C23H26N4O2S2. The highest BCUT2D eigenvalue weighted by atomic mass is 32.1. The van der Waals surface area contributed by atoms with Crippen molar-refractivity contribution in [3.05, 3.63) is 67.8 Å². The maximum Gasteiger partial charge on any atom is 0.262 e. The highest BCUT2D eigenvalue weighted by Gasteiger charge is 2.24. The second kappa shape index (κ2) is 9.72. The van der Waals surface area contributed by atoms with Gasteiger partial charge in [-0.25, -0.2) is 4.98 Å². The summed E-state index contributed by atoms with van der Waals surface area (Å²) in [5.74, 6) is -0.470. The van der Waals surface area contributed by atoms with Crippen molar-refractivity contribution in [2.75, 3.05) is 25.5 Å². The molecule has 1 unspecified atom stereocenters. The van der Waals surface area contributed by atoms with Crippen LogP contribution in [0.5, 0.6) is 0 Å². The van der Waals surface area contributed by atoms with Crippen LogP contribution in [0.2, 0.25) is 0 Å². The van der Waals surface area contributed by atoms with Crippen LogP contribution < -0.4 is 10.6 Å². The van der Waals surface area contributed by atoms with Crippen LogP contribution in [-0.4, -0.2) is 47.9 Å². The largest absolute Gasteiger partial charge is 0.339 e. The van der Waals surface area contributed by atoms with Gasteiger partial charge in [-0.15, -0.1) is 22.7 Å². The van der Waals surface area contributed by atoms with Gasteiger partial charge in [0.15, 0.2) is 0 Å². The molecule has 1 aromatic carbocycles. The van der Waals surface area contributed by atoms with Crippen molar-refractivity contribution in [3.63, 3.8) is 0 Å². The van der Waals surface area contributed by atoms with Crippen molar-refractivity contribution in [1.29, 1.82) is 0 Å². The lowest BCUT2D eigenvalue weighted by molar-refractivity contribution is -0.118. The first kappa shape index (κ1) is 21.7. The van der Waals surface area contributed by atoms with E-state index in [0.29, 0.717) is 11.3 Å². The summed E-state index contributed by atoms with van der Waals surface area (Å²) in [5, 5.41) is 8.60. The second-order valence-electron chi connectivity index (χ2n) is 7.84. The van der Waals surface area contributed by atoms with Gasteiger partial charge in [0.2, 0.25) is 5.91 Å². The Morgan fingerprint density at radius 2 is 1.97 bits per heavy atom. The second-order valence-corrected chi connectivity index (χ2v) is 10.1. The standard InChI is InChI=1S/C23H26N4O2S2/c1-15-3-6-20(31-15)23(29)26-19(14-21-24-9-12-30-21)22(28)25-18-5-4-16-7-10-27(2)11-8-17(16)13-18/h3-6,9,12-13,19H,7-8,10-11,14H2,1-2H3,(H,25,28)(H,26,29). The molecule has 4 rings (SSSR count). The van der Waals surface area contributed by atoms with Crippen LogP contribution in [-0.2, 0) is 24.1 Å². The molecule has 0 saturated carbocycles. The molecule has 1 atom stereocenters. The number of anilines is 1. The zero-order chi connectivity index (χ0) is 21.8. The number of thiophene rings is 1. The Morgan fingerprint density at radius 1 is 1.16 bits per heavy atom. The molecule has 1 aliphatic heterocycles. The number of aryl methyl sites for hydroxylation is 1. The highest BCUT2D eigenvalue weighted by molar-refractivity contribution is 7.14. The van der Waals surface area contributed by atoms with Crippen LogP contribution in [0.3, 0.4) is 0 Å². The zero-order valence-electron chi connectivity index (χ0n) is 17.7. The van der Waals surface area contributed by atoms with Gasteiger partial charge in [-0.05, 0) is 62.2 Å². The average Bonchev–Trinajstić information content (AvgIpc) is 3.38. The van der Waals surface area contributed by atoms with E-state index < -0.39 is 6.04 Å². The van der Waals surface area contributed by atoms with Gasteiger partial charge < -0.3 is 15.5 Å². The predicted octanol–water partition coefficient (Wildman–Crippen LogP) is 3.52. The Bertz CT molecular complexity index is 1060. The van der Waals surface area contributed by atoms with Crippen molar-refractivity contribution < 1.29 is 9.59 Å². The molecule has 31 heavy (non-hydrogen) atoms. The molecule has 0 bridgehead atoms. The van der Waals surface area contributed by atoms with Gasteiger partial charge >= 0.3 is 0 Å². The third kappa shape index (κ3) is 5.58. The van der Waals surface area contributed by atoms with E-state index >= 15 is 0 Å². The Hall–Kier alpha value is -2.55. The van der Waals surface area contributed by atoms with Crippen LogP contribution in [0.1, 0.15) is 30.7 Å². The summed E-state index contributed by atoms with van der Waals surface area (Å²) in [6, 6.07) is 9.11. The van der Waals surface area contributed by atoms with E-state index in [1.165, 1.54) is 33.8 Å². The molecule has 2 amide bonds. The van der Waals surface area contributed by atoms with Gasteiger partial charge in [0.1, 0.15) is 6.04 Å². The lowest BCUT2D eigenvalue weighted by atomic mass is 10.0. The summed E-state index contributed by atoms with van der Waals surface area (Å²) in [6.45, 7) is 4.01. The topological polar surface area (TPSA) is 74.3 Å². The number of carbonyl (C=O) groups is 2. The van der Waals surface area contributed by atoms with Crippen LogP contribution in [0.25, 0.3) is 0 Å². The number of nitrogens with one attached hydrogen (secondary N) is 2. The summed E-state index contributed by atoms with van der Waals surface area (Å²) >= 11 is 2.90. The van der Waals surface area contributed by atoms with E-state index in [0.717, 1.165) is 41.5 Å². The van der Waals surface area contributed by atoms with Gasteiger partial charge in [0, 0.05) is 41.7 Å². The molecule has 0 saturated heterocycles. The lowest BCUT2D eigenvalue weighted by Crippen LogP contribution is -2.45. The number of carbonyl (C=O) groups excluding carboxylic acids is 2. The number of aromatic nitrogens is 1. The number of hydrogen-bond acceptors (Lipinski definition) is 6. The van der Waals surface area contributed by atoms with Crippen LogP contribution in [0.15, 0.2) is 41.9 Å². The fourth-order valence-corrected chi connectivity index (χ4v) is 5.10. The van der Waals surface area contributed by atoms with Gasteiger partial charge in [0.25, 0.3) is 5.91 Å². The van der Waals surface area contributed by atoms with Crippen molar-refractivity contribution in [2.24, 2.45) is 0 Å². The fraction of sp³-hybridized carbons (Fsp3) is 0.348. The monoisotopic (exact) mass is 454 g/mol. The highest BCUT2D eigenvalue weighted by Crippen LogP contribution is 2.21. The average molecular weight is 455 g/mol. The van der Waals surface area contributed by atoms with E-state index in [2.05, 4.69) is 39.7 Å². The summed E-state index contributed by atoms with van der Waals surface area (Å²) in [6.07, 6.45) is 4.05. The number of thiazole rings is 1. The summed E-state index contributed by atoms with van der Waals surface area (Å²) < 4.78 is 0. The third-order valence-electron chi connectivity index (χ3n) is 5.45. The first-order valence-electron chi connectivity index (χ1n) is 10.3. The van der Waals surface area contributed by atoms with E-state index in [1.807, 2.05) is 24.4 Å². The van der Waals surface area contributed by atoms with E-state index in [-0.39, 0.29) is 11.8 Å². The maximum absolute atomic E-state index is 13.1. The molecule has 6 nitrogen and oxygen atoms in total. The minimum atomic E-state index is -0.703. The van der Waals surface area contributed by atoms with Crippen molar-refractivity contribution in [3.8, 4) is 0 Å². The van der Waals surface area contributed by atoms with Gasteiger partial charge in [-0.2, -0.15) is 0 Å². The number of benzene rings is 1. The summed E-state index contributed by atoms with van der Waals surface area (Å²) in [5.41, 5.74) is 3.37. The molecule has 0 spiro atoms. The minimum Gasteiger partial charge on any atom is -0.339 e. The number of amides is 2. The molecule has 0 aliphatic carbocycles. The Balaban J connectivity index is 1.49. The van der Waals surface area contributed by atoms with E-state index in [9.17, 15) is 9.59 Å². The molecule has 162 valence electrons. The Morgan fingerprint density at radius 3 is 2.68 bits per heavy atom. The molecule has 8 heteroatoms. The third-order valence-corrected chi connectivity index (χ3v) is 7.25. The molecule has 3 aromatic rings. The minimum absolute atomic E-state index is 0.234. The van der Waals surface area contributed by atoms with Gasteiger partial charge in [-0.1, -0.05) is 6.07 Å². The molecule has 0 fully saturated rings. The number of nitrogens with zero attached hydrogens (tertiary/aromatic N) is 2. The quantitative estimate of drug-likeness (QED) is 0.598. The van der Waals surface area contributed by atoms with Crippen molar-refractivity contribution >= 4 is 40.2 Å². The molecule has 2 aromatic heterocycles. The van der Waals surface area contributed by atoms with E-state index in [4.69, 9.17) is 0 Å². The number of fused-ring (bicyclic) bond motifs is 1. The number of likely N-dealkylation sites (N-methyl/N-ethyl adjacent to an activating group) is 1. The lowest BCUT2D eigenvalue weighted by Gasteiger charge is -2.18. The summed E-state index contributed by atoms with van der Waals surface area (Å²) in [4.78, 5) is 34.1. The van der Waals surface area contributed by atoms with Gasteiger partial charge in [0.05, 0.1) is 9.88 Å². The molecule has 1 aliphatic rings. The first-order chi connectivity index (χ1) is 15.0. The SMILES string of the molecule is Cc1ccc(C(=O)NC(Cc2nccs2)C(=O)Nc2ccc3c(c2)CCN(C)CC3)s1. The predicted molar refractivity (Wildman–Crippen MR) is 126 cm³/mol. The van der Waals surface area contributed by atoms with Crippen molar-refractivity contribution in [2.45, 2.75) is 32.2 Å². The Kier molecular flexibility index (Phi) is 6.80. The molecule has 3 heterocycles. The van der Waals surface area contributed by atoms with Crippen molar-refractivity contribution in [1.82, 2.24) is 15.2 Å². The van der Waals surface area contributed by atoms with Gasteiger partial charge in [-0.3, -0.25) is 9.59 Å². The maximum atomic E-state index is 13.1. The first-order valence-corrected chi connectivity index (χ1v) is 12.0. The molecule has 0 radical (unpaired) electrons. The normalized spacial score (nSPS) is 15.0. The number of rotatable bonds is 6. The fourth-order valence-electron chi connectivity index (χ4n) is 3.67. The van der Waals surface area contributed by atoms with Crippen LogP contribution in [0, 0.1) is 6.92 Å².